The molecule has 0 aliphatic carbocycles. The molecule has 1 rings (SSSR count). The smallest absolute Gasteiger partial charge is 0.147 e. The number of rotatable bonds is 4. The van der Waals surface area contributed by atoms with Crippen LogP contribution in [0.1, 0.15) is 18.1 Å². The zero-order chi connectivity index (χ0) is 9.68. The minimum Gasteiger partial charge on any atom is -0.388 e. The van der Waals surface area contributed by atoms with E-state index in [1.807, 2.05) is 0 Å². The lowest BCUT2D eigenvalue weighted by atomic mass is 10.1. The van der Waals surface area contributed by atoms with Crippen molar-refractivity contribution in [3.05, 3.63) is 29.8 Å². The fourth-order valence-corrected chi connectivity index (χ4v) is 1.04. The summed E-state index contributed by atoms with van der Waals surface area (Å²) in [6, 6.07) is 1.47. The van der Waals surface area contributed by atoms with Crippen molar-refractivity contribution in [1.29, 1.82) is 0 Å². The second-order valence-electron chi connectivity index (χ2n) is 2.69. The third kappa shape index (κ3) is 2.75. The molecular formula is C9H12FNO2. The summed E-state index contributed by atoms with van der Waals surface area (Å²) in [4.78, 5) is 3.59. The highest BCUT2D eigenvalue weighted by molar-refractivity contribution is 5.15. The van der Waals surface area contributed by atoms with E-state index in [-0.39, 0.29) is 5.56 Å². The van der Waals surface area contributed by atoms with E-state index in [0.717, 1.165) is 6.20 Å². The molecule has 0 spiro atoms. The van der Waals surface area contributed by atoms with E-state index in [0.29, 0.717) is 13.0 Å². The topological polar surface area (TPSA) is 42.4 Å². The number of pyridine rings is 1. The third-order valence-electron chi connectivity index (χ3n) is 1.76. The maximum Gasteiger partial charge on any atom is 0.147 e. The molecule has 0 fully saturated rings. The van der Waals surface area contributed by atoms with E-state index in [1.165, 1.54) is 19.4 Å². The van der Waals surface area contributed by atoms with E-state index in [4.69, 9.17) is 4.74 Å². The lowest BCUT2D eigenvalue weighted by molar-refractivity contribution is 0.108. The first-order chi connectivity index (χ1) is 6.25. The largest absolute Gasteiger partial charge is 0.388 e. The zero-order valence-electron chi connectivity index (χ0n) is 7.40. The maximum atomic E-state index is 13.0. The molecule has 1 N–H and O–H groups in total. The van der Waals surface area contributed by atoms with Crippen molar-refractivity contribution in [3.8, 4) is 0 Å². The average Bonchev–Trinajstić information content (AvgIpc) is 2.15. The van der Waals surface area contributed by atoms with Crippen LogP contribution in [0.3, 0.4) is 0 Å². The number of aliphatic hydroxyl groups excluding tert-OH is 1. The van der Waals surface area contributed by atoms with Gasteiger partial charge in [-0.3, -0.25) is 4.98 Å². The Kier molecular flexibility index (Phi) is 3.79. The first-order valence-electron chi connectivity index (χ1n) is 4.02. The first-order valence-corrected chi connectivity index (χ1v) is 4.02. The predicted octanol–water partition coefficient (Wildman–Crippen LogP) is 1.29. The van der Waals surface area contributed by atoms with Crippen LogP contribution in [0.25, 0.3) is 0 Å². The Bertz CT molecular complexity index is 268. The van der Waals surface area contributed by atoms with Crippen molar-refractivity contribution >= 4 is 0 Å². The third-order valence-corrected chi connectivity index (χ3v) is 1.76. The first kappa shape index (κ1) is 10.1. The summed E-state index contributed by atoms with van der Waals surface area (Å²) in [5.41, 5.74) is 0.270. The number of aromatic nitrogens is 1. The van der Waals surface area contributed by atoms with Gasteiger partial charge in [0.2, 0.25) is 0 Å². The van der Waals surface area contributed by atoms with Crippen molar-refractivity contribution in [3.63, 3.8) is 0 Å². The fraction of sp³-hybridized carbons (Fsp3) is 0.444. The lowest BCUT2D eigenvalue weighted by Crippen LogP contribution is -2.04. The van der Waals surface area contributed by atoms with Gasteiger partial charge >= 0.3 is 0 Å². The zero-order valence-corrected chi connectivity index (χ0v) is 7.40. The van der Waals surface area contributed by atoms with Crippen molar-refractivity contribution < 1.29 is 14.2 Å². The van der Waals surface area contributed by atoms with Crippen LogP contribution in [0.15, 0.2) is 18.5 Å². The van der Waals surface area contributed by atoms with Crippen LogP contribution < -0.4 is 0 Å². The van der Waals surface area contributed by atoms with E-state index < -0.39 is 11.9 Å². The minimum atomic E-state index is -0.817. The van der Waals surface area contributed by atoms with Gasteiger partial charge < -0.3 is 9.84 Å². The summed E-state index contributed by atoms with van der Waals surface area (Å²) in [6.07, 6.45) is 2.11. The number of nitrogens with zero attached hydrogens (tertiary/aromatic N) is 1. The van der Waals surface area contributed by atoms with Gasteiger partial charge in [0.25, 0.3) is 0 Å². The number of hydrogen-bond donors (Lipinski definition) is 1. The summed E-state index contributed by atoms with van der Waals surface area (Å²) in [6.45, 7) is 0.406. The minimum absolute atomic E-state index is 0.270. The van der Waals surface area contributed by atoms with Gasteiger partial charge in [-0.25, -0.2) is 4.39 Å². The van der Waals surface area contributed by atoms with Crippen molar-refractivity contribution in [2.45, 2.75) is 12.5 Å². The predicted molar refractivity (Wildman–Crippen MR) is 45.6 cm³/mol. The number of methoxy groups -OCH3 is 1. The van der Waals surface area contributed by atoms with E-state index >= 15 is 0 Å². The standard InChI is InChI=1S/C9H12FNO2/c1-13-5-3-9(12)7-2-4-11-6-8(7)10/h2,4,6,9,12H,3,5H2,1H3. The molecule has 0 bridgehead atoms. The maximum absolute atomic E-state index is 13.0. The molecule has 3 nitrogen and oxygen atoms in total. The molecule has 0 amide bonds. The summed E-state index contributed by atoms with van der Waals surface area (Å²) >= 11 is 0. The molecule has 0 saturated carbocycles. The highest BCUT2D eigenvalue weighted by Gasteiger charge is 2.11. The molecule has 0 aliphatic rings. The van der Waals surface area contributed by atoms with Gasteiger partial charge in [0.15, 0.2) is 0 Å². The summed E-state index contributed by atoms with van der Waals surface area (Å²) in [5, 5.41) is 9.48. The molecule has 1 aromatic rings. The lowest BCUT2D eigenvalue weighted by Gasteiger charge is -2.10. The van der Waals surface area contributed by atoms with Crippen LogP contribution in [0.4, 0.5) is 4.39 Å². The van der Waals surface area contributed by atoms with Gasteiger partial charge in [-0.15, -0.1) is 0 Å². The van der Waals surface area contributed by atoms with E-state index in [1.54, 1.807) is 0 Å². The monoisotopic (exact) mass is 185 g/mol. The molecule has 0 aliphatic heterocycles. The normalized spacial score (nSPS) is 12.8. The Balaban J connectivity index is 2.65. The second-order valence-corrected chi connectivity index (χ2v) is 2.69. The van der Waals surface area contributed by atoms with Crippen LogP contribution >= 0.6 is 0 Å². The van der Waals surface area contributed by atoms with Gasteiger partial charge in [-0.2, -0.15) is 0 Å². The summed E-state index contributed by atoms with van der Waals surface area (Å²) in [7, 11) is 1.54. The van der Waals surface area contributed by atoms with Crippen LogP contribution in [0, 0.1) is 5.82 Å². The molecule has 0 aromatic carbocycles. The molecule has 72 valence electrons. The fourth-order valence-electron chi connectivity index (χ4n) is 1.04. The highest BCUT2D eigenvalue weighted by Crippen LogP contribution is 2.18. The Labute approximate surface area is 76.2 Å². The summed E-state index contributed by atoms with van der Waals surface area (Å²) in [5.74, 6) is -0.480. The molecule has 0 radical (unpaired) electrons. The molecule has 1 heterocycles. The summed E-state index contributed by atoms with van der Waals surface area (Å²) < 4.78 is 17.8. The van der Waals surface area contributed by atoms with Gasteiger partial charge in [0, 0.05) is 31.9 Å². The van der Waals surface area contributed by atoms with Gasteiger partial charge in [0.05, 0.1) is 12.3 Å². The highest BCUT2D eigenvalue weighted by atomic mass is 19.1. The number of halogens is 1. The number of aliphatic hydroxyl groups is 1. The van der Waals surface area contributed by atoms with Crippen molar-refractivity contribution in [1.82, 2.24) is 4.98 Å². The van der Waals surface area contributed by atoms with Crippen molar-refractivity contribution in [2.75, 3.05) is 13.7 Å². The molecule has 13 heavy (non-hydrogen) atoms. The Morgan fingerprint density at radius 3 is 3.08 bits per heavy atom. The van der Waals surface area contributed by atoms with Crippen molar-refractivity contribution in [2.24, 2.45) is 0 Å². The molecule has 4 heteroatoms. The molecule has 1 atom stereocenters. The van der Waals surface area contributed by atoms with E-state index in [9.17, 15) is 9.50 Å². The van der Waals surface area contributed by atoms with Crippen LogP contribution in [0.2, 0.25) is 0 Å². The quantitative estimate of drug-likeness (QED) is 0.768. The van der Waals surface area contributed by atoms with Crippen LogP contribution in [-0.2, 0) is 4.74 Å². The number of ether oxygens (including phenoxy) is 1. The number of hydrogen-bond acceptors (Lipinski definition) is 3. The molecule has 1 unspecified atom stereocenters. The van der Waals surface area contributed by atoms with Gasteiger partial charge in [-0.1, -0.05) is 0 Å². The molecule has 0 saturated heterocycles. The Morgan fingerprint density at radius 1 is 1.69 bits per heavy atom. The van der Waals surface area contributed by atoms with Crippen LogP contribution in [-0.4, -0.2) is 23.8 Å². The van der Waals surface area contributed by atoms with Gasteiger partial charge in [0.1, 0.15) is 5.82 Å². The second kappa shape index (κ2) is 4.89. The van der Waals surface area contributed by atoms with Gasteiger partial charge in [-0.05, 0) is 6.07 Å². The molecule has 1 aromatic heterocycles. The van der Waals surface area contributed by atoms with Crippen LogP contribution in [0.5, 0.6) is 0 Å². The average molecular weight is 185 g/mol. The van der Waals surface area contributed by atoms with E-state index in [2.05, 4.69) is 4.98 Å². The Hall–Kier alpha value is -1.00. The Morgan fingerprint density at radius 2 is 2.46 bits per heavy atom. The molecular weight excluding hydrogens is 173 g/mol. The SMILES string of the molecule is COCCC(O)c1ccncc1F.